The Balaban J connectivity index is -0.000000492. The van der Waals surface area contributed by atoms with Crippen molar-refractivity contribution in [3.8, 4) is 0 Å². The van der Waals surface area contributed by atoms with E-state index in [1.807, 2.05) is 92.0 Å². The number of aryl methyl sites for hydroxylation is 1. The second kappa shape index (κ2) is 111. The number of halogens is 25. The predicted octanol–water partition coefficient (Wildman–Crippen LogP) is 40.2. The number of ether oxygens (including phenoxy) is 2. The maximum Gasteiger partial charge on any atom is 0.319 e. The van der Waals surface area contributed by atoms with E-state index in [2.05, 4.69) is 389 Å². The molecule has 0 heterocycles. The molecule has 1 fully saturated rings. The monoisotopic (exact) mass is 3370 g/mol. The highest BCUT2D eigenvalue weighted by atomic mass is 127. The van der Waals surface area contributed by atoms with Crippen molar-refractivity contribution >= 4 is 411 Å². The van der Waals surface area contributed by atoms with Crippen molar-refractivity contribution in [2.75, 3.05) is 141 Å². The Morgan fingerprint density at radius 3 is 1.00 bits per heavy atom. The van der Waals surface area contributed by atoms with Gasteiger partial charge in [-0.1, -0.05) is 561 Å². The van der Waals surface area contributed by atoms with E-state index in [-0.39, 0.29) is 84.1 Å². The number of hydrogen-bond acceptors (Lipinski definition) is 10. The lowest BCUT2D eigenvalue weighted by Crippen LogP contribution is -2.33. The Morgan fingerprint density at radius 2 is 0.755 bits per heavy atom. The molecule has 0 spiro atoms. The third kappa shape index (κ3) is 84.7. The lowest BCUT2D eigenvalue weighted by atomic mass is 9.97. The van der Waals surface area contributed by atoms with Crippen LogP contribution in [0.25, 0.3) is 0 Å². The number of aliphatic hydroxyl groups is 2. The van der Waals surface area contributed by atoms with Crippen LogP contribution < -0.4 is 4.90 Å². The van der Waals surface area contributed by atoms with Gasteiger partial charge in [0.2, 0.25) is 0 Å². The minimum atomic E-state index is -0.743. The predicted molar refractivity (Wildman–Crippen MR) is 706 cm³/mol. The van der Waals surface area contributed by atoms with Crippen LogP contribution in [0.4, 0.5) is 5.69 Å². The number of carbonyl (C=O) groups excluding carboxylic acids is 3. The third-order valence-corrected chi connectivity index (χ3v) is 39.9. The van der Waals surface area contributed by atoms with Crippen molar-refractivity contribution < 1.29 is 44.0 Å². The van der Waals surface area contributed by atoms with Crippen molar-refractivity contribution in [1.29, 1.82) is 0 Å². The van der Waals surface area contributed by atoms with Crippen LogP contribution in [0.2, 0.25) is 0 Å². The summed E-state index contributed by atoms with van der Waals surface area (Å²) in [6.07, 6.45) is 36.5. The maximum atomic E-state index is 12.6. The summed E-state index contributed by atoms with van der Waals surface area (Å²) < 4.78 is 12.3. The van der Waals surface area contributed by atoms with E-state index in [0.717, 1.165) is 92.0 Å². The molecule has 0 bridgehead atoms. The van der Waals surface area contributed by atoms with Crippen LogP contribution in [0, 0.1) is 5.41 Å². The number of rotatable bonds is 54. The smallest absolute Gasteiger partial charge is 0.319 e. The highest BCUT2D eigenvalue weighted by molar-refractivity contribution is 14.1. The lowest BCUT2D eigenvalue weighted by Gasteiger charge is -2.23. The third-order valence-electron chi connectivity index (χ3n) is 20.9. The Hall–Kier alpha value is 3.99. The number of carboxylic acid groups (broad SMARTS) is 1. The summed E-state index contributed by atoms with van der Waals surface area (Å²) in [6.45, 7) is 11.1. The van der Waals surface area contributed by atoms with E-state index < -0.39 is 5.97 Å². The number of alkyl halides is 24. The maximum absolute atomic E-state index is 12.6. The summed E-state index contributed by atoms with van der Waals surface area (Å²) in [7, 11) is 2.00. The number of carboxylic acids is 1. The fourth-order valence-electron chi connectivity index (χ4n) is 12.4. The standard InChI is InChI=1S/C15H10Br2O.C14H12Br2.C14H19Cl2NO2.C12H24Br2.C11H22Br2.C10H16Br2O4.C8H8Br2.C6H10Br2.C5H10Br2O2.C5H11Cl2N.C4H6Cl2.C3H6I2.ClH/c16-13-9-5-1-3-7-11(9)15(18)12-8-4-2-6-10(12)14(13)17;15-13(11-7-3-1-4-8-11)14(16)12-9-5-2-6-10-12;15-8-10-17(11-9-16)13-6-4-12(5-7-13)2-1-3-14(18)19;13-11-9-7-5-3-1-2-4-6-8-10-12-14;12-10-8-6-4-2-1-3-5-7-9-11-13;1-3-15-9(13)7(11)5-6-8(12)10(14)16-4-2;9-5-7-1-2-8(6-10)4-3-7;7-5-3-1-2-4-6(5)8;6-1-5(2-7,3-8)4-9;1-8(4-2-6)5-3-7;1-4(2-5)3-6;4-2-1-3-5;/h1-8,13-14H;1-10,13-14H;4-7H,1-3,8-11H2,(H,18,19);1-12H2;1-11H2;7-8H,3-6H2,1-2H3;1-4H,5-6H2;5-6H,1-4H2;8-9H,1-4H2;2-5H2,1H3;1-3H2;1-3H2;1H/t;13-,14+;;;;7-,8+;;5-,6-;;;;;/m.......0...../s1. The fraction of sp³-hybridized carbons (Fsp3) is 0.607. The summed E-state index contributed by atoms with van der Waals surface area (Å²) in [5.74, 6) is 2.22. The van der Waals surface area contributed by atoms with Gasteiger partial charge in [-0.15, -0.1) is 82.0 Å². The van der Waals surface area contributed by atoms with Gasteiger partial charge in [0.15, 0.2) is 5.78 Å². The number of esters is 2. The van der Waals surface area contributed by atoms with Crippen LogP contribution in [-0.2, 0) is 40.9 Å². The van der Waals surface area contributed by atoms with E-state index in [4.69, 9.17) is 94.4 Å². The zero-order valence-corrected chi connectivity index (χ0v) is 118. The van der Waals surface area contributed by atoms with Gasteiger partial charge >= 0.3 is 17.9 Å². The second-order valence-corrected chi connectivity index (χ2v) is 50.7. The van der Waals surface area contributed by atoms with Crippen LogP contribution in [0.1, 0.15) is 268 Å². The van der Waals surface area contributed by atoms with Crippen LogP contribution in [0.15, 0.2) is 170 Å². The van der Waals surface area contributed by atoms with Crippen molar-refractivity contribution in [3.05, 3.63) is 220 Å². The summed E-state index contributed by atoms with van der Waals surface area (Å²) >= 11 is 93.3. The number of nitrogens with zero attached hydrogens (tertiary/aromatic N) is 2. The first-order valence-corrected chi connectivity index (χ1v) is 71.0. The molecule has 36 heteroatoms. The van der Waals surface area contributed by atoms with Gasteiger partial charge in [-0.2, -0.15) is 0 Å². The number of allylic oxidation sites excluding steroid dienone is 1. The van der Waals surface area contributed by atoms with E-state index in [9.17, 15) is 19.2 Å². The molecule has 0 aliphatic heterocycles. The van der Waals surface area contributed by atoms with Gasteiger partial charge in [-0.05, 0) is 148 Å². The summed E-state index contributed by atoms with van der Waals surface area (Å²) in [5.41, 5.74) is 11.6. The number of aliphatic hydroxyl groups excluding tert-OH is 2. The number of carbonyl (C=O) groups is 4. The molecular weight excluding hydrogens is 3240 g/mol. The summed E-state index contributed by atoms with van der Waals surface area (Å²) in [5, 5.41) is 33.9. The van der Waals surface area contributed by atoms with Crippen LogP contribution in [0.5, 0.6) is 0 Å². The average molecular weight is 3390 g/mol. The zero-order chi connectivity index (χ0) is 107. The number of anilines is 1. The van der Waals surface area contributed by atoms with Crippen molar-refractivity contribution in [3.63, 3.8) is 0 Å². The molecule has 0 radical (unpaired) electrons. The highest BCUT2D eigenvalue weighted by Crippen LogP contribution is 2.48. The van der Waals surface area contributed by atoms with Gasteiger partial charge in [0, 0.05) is 151 Å². The number of fused-ring (bicyclic) bond motifs is 2. The molecule has 2 unspecified atom stereocenters. The SMILES string of the molecule is BrCCCCCCCCCCCBr.BrCCCCCCCCCCCCBr.BrCc1ccc(CBr)cc1.Br[C@H](c1ccccc1)[C@@H](Br)c1ccccc1.Br[C@H]1CCCC[C@@H]1Br.C=C(CCl)CCl.CCOC(=O)[C@H](Br)CC[C@H](Br)C(=O)OCC.CN(CCCl)CCCl.Cl.ICCCI.O=C(O)CCCc1ccc(N(CCCl)CCCl)cc1.O=C1c2ccccc2C(Br)C(Br)c2ccccc21.OCC(CO)(CBr)CBr. The van der Waals surface area contributed by atoms with Gasteiger partial charge < -0.3 is 34.6 Å². The zero-order valence-electron chi connectivity index (χ0n) is 83.0. The van der Waals surface area contributed by atoms with Gasteiger partial charge in [0.05, 0.1) is 45.7 Å². The van der Waals surface area contributed by atoms with Crippen molar-refractivity contribution in [1.82, 2.24) is 4.90 Å². The van der Waals surface area contributed by atoms with Gasteiger partial charge in [-0.3, -0.25) is 19.2 Å². The van der Waals surface area contributed by atoms with Gasteiger partial charge in [-0.25, -0.2) is 0 Å². The topological polar surface area (TPSA) is 154 Å². The van der Waals surface area contributed by atoms with E-state index in [1.165, 1.54) is 207 Å². The quantitative estimate of drug-likeness (QED) is 0.0110. The summed E-state index contributed by atoms with van der Waals surface area (Å²) in [6, 6.07) is 53.1. The average Bonchev–Trinajstić information content (AvgIpc) is 1.64. The van der Waals surface area contributed by atoms with E-state index in [0.29, 0.717) is 78.4 Å². The van der Waals surface area contributed by atoms with Crippen LogP contribution in [-0.4, -0.2) is 199 Å². The molecule has 0 amide bonds. The first-order chi connectivity index (χ1) is 68.4. The molecule has 11 nitrogen and oxygen atoms in total. The molecule has 0 saturated heterocycles. The first kappa shape index (κ1) is 155. The number of hydrogen-bond donors (Lipinski definition) is 3. The Morgan fingerprint density at radius 1 is 0.448 bits per heavy atom. The summed E-state index contributed by atoms with van der Waals surface area (Å²) in [4.78, 5) is 51.3. The molecule has 6 aromatic carbocycles. The minimum Gasteiger partial charge on any atom is -0.481 e. The molecule has 8 rings (SSSR count). The molecule has 6 aromatic rings. The molecule has 3 N–H and O–H groups in total. The Kier molecular flexibility index (Phi) is 121. The minimum absolute atomic E-state index is 0. The fourth-order valence-corrected chi connectivity index (χ4v) is 24.4. The molecule has 1 saturated carbocycles. The number of ketones is 1. The molecule has 2 aliphatic rings. The van der Waals surface area contributed by atoms with E-state index in [1.54, 1.807) is 13.8 Å². The highest BCUT2D eigenvalue weighted by Gasteiger charge is 2.32. The van der Waals surface area contributed by atoms with Crippen molar-refractivity contribution in [2.24, 2.45) is 5.41 Å². The largest absolute Gasteiger partial charge is 0.481 e. The Bertz CT molecular complexity index is 3690. The molecular formula is C107H155Br16Cl7I2N2O9. The second-order valence-electron chi connectivity index (χ2n) is 32.6. The van der Waals surface area contributed by atoms with Gasteiger partial charge in [0.25, 0.3) is 0 Å². The van der Waals surface area contributed by atoms with Gasteiger partial charge in [0.1, 0.15) is 9.65 Å². The number of benzene rings is 6. The molecule has 2 aliphatic carbocycles. The Labute approximate surface area is 1060 Å². The molecule has 822 valence electrons. The lowest BCUT2D eigenvalue weighted by molar-refractivity contribution is -0.144. The van der Waals surface area contributed by atoms with Crippen LogP contribution >= 0.6 is 382 Å². The molecule has 0 aromatic heterocycles. The number of aliphatic carboxylic acids is 1. The molecule has 143 heavy (non-hydrogen) atoms. The van der Waals surface area contributed by atoms with Crippen molar-refractivity contribution in [2.45, 2.75) is 249 Å². The van der Waals surface area contributed by atoms with E-state index >= 15 is 0 Å². The molecule has 8 atom stereocenters. The normalized spacial score (nSPS) is 14.2. The first-order valence-electron chi connectivity index (χ1n) is 48.4. The van der Waals surface area contributed by atoms with Crippen LogP contribution in [0.3, 0.4) is 0 Å². The number of unbranched alkanes of at least 4 members (excludes halogenated alkanes) is 17.